The molecule has 1 amide bonds. The van der Waals surface area contributed by atoms with Gasteiger partial charge >= 0.3 is 11.9 Å². The molecule has 9 heteroatoms. The van der Waals surface area contributed by atoms with Crippen LogP contribution in [0.3, 0.4) is 0 Å². The fraction of sp³-hybridized carbons (Fsp3) is 0.556. The molecule has 6 nitrogen and oxygen atoms in total. The average molecular weight is 902 g/mol. The van der Waals surface area contributed by atoms with Crippen molar-refractivity contribution in [1.82, 2.24) is 4.90 Å². The number of thiocarbonyl (C=S) groups is 1. The van der Waals surface area contributed by atoms with Gasteiger partial charge in [-0.2, -0.15) is 0 Å². The summed E-state index contributed by atoms with van der Waals surface area (Å²) in [6.45, 7) is 5.06. The number of thioether (sulfide) groups is 1. The number of benzene rings is 2. The van der Waals surface area contributed by atoms with Gasteiger partial charge in [0, 0.05) is 12.8 Å². The summed E-state index contributed by atoms with van der Waals surface area (Å²) in [5.74, 6) is -0.970. The first-order valence-electron chi connectivity index (χ1n) is 24.2. The number of carbonyl (C=O) groups excluding carboxylic acids is 3. The van der Waals surface area contributed by atoms with Gasteiger partial charge in [0.05, 0.1) is 23.6 Å². The molecule has 0 radical (unpaired) electrons. The van der Waals surface area contributed by atoms with E-state index in [0.29, 0.717) is 33.4 Å². The van der Waals surface area contributed by atoms with Gasteiger partial charge in [-0.25, -0.2) is 9.18 Å². The van der Waals surface area contributed by atoms with E-state index < -0.39 is 0 Å². The number of rotatable bonds is 35. The fourth-order valence-corrected chi connectivity index (χ4v) is 8.61. The minimum atomic E-state index is -0.357. The van der Waals surface area contributed by atoms with Gasteiger partial charge in [-0.1, -0.05) is 176 Å². The van der Waals surface area contributed by atoms with Crippen LogP contribution in [0.25, 0.3) is 6.08 Å². The van der Waals surface area contributed by atoms with E-state index in [1.54, 1.807) is 42.5 Å². The molecular weight excluding hydrogens is 826 g/mol. The monoisotopic (exact) mass is 902 g/mol. The highest BCUT2D eigenvalue weighted by molar-refractivity contribution is 8.26. The second-order valence-corrected chi connectivity index (χ2v) is 18.4. The molecular formula is C54H76FNO5S2. The maximum absolute atomic E-state index is 13.6. The molecule has 0 aliphatic carbocycles. The van der Waals surface area contributed by atoms with Gasteiger partial charge in [-0.3, -0.25) is 14.5 Å². The van der Waals surface area contributed by atoms with Gasteiger partial charge < -0.3 is 9.47 Å². The van der Waals surface area contributed by atoms with Crippen LogP contribution >= 0.6 is 24.0 Å². The number of allylic oxidation sites excluding steroid dienone is 5. The van der Waals surface area contributed by atoms with Gasteiger partial charge in [0.2, 0.25) is 0 Å². The van der Waals surface area contributed by atoms with Crippen molar-refractivity contribution < 1.29 is 28.2 Å². The van der Waals surface area contributed by atoms with Crippen molar-refractivity contribution >= 4 is 52.2 Å². The minimum Gasteiger partial charge on any atom is -0.462 e. The van der Waals surface area contributed by atoms with Gasteiger partial charge in [0.25, 0.3) is 5.91 Å². The first-order chi connectivity index (χ1) is 30.8. The third kappa shape index (κ3) is 24.7. The maximum Gasteiger partial charge on any atom is 0.338 e. The Hall–Kier alpha value is -3.82. The minimum absolute atomic E-state index is 0.0182. The van der Waals surface area contributed by atoms with E-state index in [4.69, 9.17) is 21.7 Å². The number of amides is 1. The molecule has 1 fully saturated rings. The molecule has 2 aromatic carbocycles. The van der Waals surface area contributed by atoms with Crippen LogP contribution in [-0.2, 0) is 25.6 Å². The molecule has 1 heterocycles. The predicted molar refractivity (Wildman–Crippen MR) is 266 cm³/mol. The summed E-state index contributed by atoms with van der Waals surface area (Å²) in [7, 11) is 0. The molecule has 0 aromatic heterocycles. The summed E-state index contributed by atoms with van der Waals surface area (Å²) in [5.41, 5.74) is 1.91. The Morgan fingerprint density at radius 3 is 2.02 bits per heavy atom. The number of carbonyl (C=O) groups is 3. The number of nitrogens with zero attached hydrogens (tertiary/aromatic N) is 1. The van der Waals surface area contributed by atoms with Crippen LogP contribution in [0.1, 0.15) is 196 Å². The topological polar surface area (TPSA) is 72.9 Å². The lowest BCUT2D eigenvalue weighted by Crippen LogP contribution is -2.27. The van der Waals surface area contributed by atoms with Crippen LogP contribution in [0, 0.1) is 5.82 Å². The Bertz CT molecular complexity index is 1740. The van der Waals surface area contributed by atoms with E-state index in [0.717, 1.165) is 95.5 Å². The third-order valence-electron chi connectivity index (χ3n) is 11.1. The van der Waals surface area contributed by atoms with E-state index in [1.165, 1.54) is 93.0 Å². The van der Waals surface area contributed by atoms with Crippen LogP contribution in [0.15, 0.2) is 89.9 Å². The second kappa shape index (κ2) is 34.6. The number of hydrogen-bond donors (Lipinski definition) is 0. The summed E-state index contributed by atoms with van der Waals surface area (Å²) in [6.07, 6.45) is 42.8. The van der Waals surface area contributed by atoms with Crippen molar-refractivity contribution in [2.45, 2.75) is 187 Å². The molecule has 0 unspecified atom stereocenters. The summed E-state index contributed by atoms with van der Waals surface area (Å²) in [6, 6.07) is 13.1. The van der Waals surface area contributed by atoms with Crippen molar-refractivity contribution in [3.8, 4) is 0 Å². The maximum atomic E-state index is 13.6. The number of halogens is 1. The molecule has 2 aromatic rings. The zero-order valence-electron chi connectivity index (χ0n) is 38.5. The van der Waals surface area contributed by atoms with Gasteiger partial charge in [0.1, 0.15) is 16.2 Å². The second-order valence-electron chi connectivity index (χ2n) is 16.7. The van der Waals surface area contributed by atoms with Gasteiger partial charge in [-0.15, -0.1) is 0 Å². The number of esters is 2. The van der Waals surface area contributed by atoms with E-state index >= 15 is 0 Å². The van der Waals surface area contributed by atoms with Crippen LogP contribution in [0.2, 0.25) is 0 Å². The van der Waals surface area contributed by atoms with Crippen molar-refractivity contribution in [2.24, 2.45) is 0 Å². The van der Waals surface area contributed by atoms with E-state index in [9.17, 15) is 18.8 Å². The van der Waals surface area contributed by atoms with Crippen molar-refractivity contribution in [3.05, 3.63) is 112 Å². The summed E-state index contributed by atoms with van der Waals surface area (Å²) in [4.78, 5) is 40.3. The summed E-state index contributed by atoms with van der Waals surface area (Å²) in [5, 5.41) is 0. The largest absolute Gasteiger partial charge is 0.462 e. The molecule has 346 valence electrons. The lowest BCUT2D eigenvalue weighted by molar-refractivity contribution is -0.149. The highest BCUT2D eigenvalue weighted by Crippen LogP contribution is 2.34. The number of unbranched alkanes of at least 4 members (excludes halogenated alkanes) is 17. The summed E-state index contributed by atoms with van der Waals surface area (Å²) >= 11 is 6.63. The molecule has 3 rings (SSSR count). The Morgan fingerprint density at radius 1 is 0.730 bits per heavy atom. The smallest absolute Gasteiger partial charge is 0.338 e. The Kier molecular flexibility index (Phi) is 29.4. The first-order valence-corrected chi connectivity index (χ1v) is 25.4. The molecule has 63 heavy (non-hydrogen) atoms. The Balaban J connectivity index is 1.20. The van der Waals surface area contributed by atoms with E-state index in [1.807, 2.05) is 0 Å². The van der Waals surface area contributed by atoms with E-state index in [-0.39, 0.29) is 36.3 Å². The van der Waals surface area contributed by atoms with Crippen LogP contribution in [-0.4, -0.2) is 39.8 Å². The zero-order chi connectivity index (χ0) is 45.2. The number of hydrogen-bond acceptors (Lipinski definition) is 7. The summed E-state index contributed by atoms with van der Waals surface area (Å²) < 4.78 is 25.5. The lowest BCUT2D eigenvalue weighted by Gasteiger charge is -2.16. The fourth-order valence-electron chi connectivity index (χ4n) is 7.36. The van der Waals surface area contributed by atoms with Crippen LogP contribution in [0.5, 0.6) is 0 Å². The Morgan fingerprint density at radius 2 is 1.33 bits per heavy atom. The first kappa shape index (κ1) is 53.5. The number of ether oxygens (including phenoxy) is 2. The predicted octanol–water partition coefficient (Wildman–Crippen LogP) is 15.8. The molecule has 0 saturated carbocycles. The van der Waals surface area contributed by atoms with Gasteiger partial charge in [-0.05, 0) is 112 Å². The van der Waals surface area contributed by atoms with Crippen molar-refractivity contribution in [3.63, 3.8) is 0 Å². The molecule has 1 atom stereocenters. The molecule has 1 aliphatic heterocycles. The van der Waals surface area contributed by atoms with E-state index in [2.05, 4.69) is 50.3 Å². The average Bonchev–Trinajstić information content (AvgIpc) is 3.53. The van der Waals surface area contributed by atoms with Crippen LogP contribution in [0.4, 0.5) is 4.39 Å². The highest BCUT2D eigenvalue weighted by Gasteiger charge is 2.32. The molecule has 1 aliphatic rings. The lowest BCUT2D eigenvalue weighted by atomic mass is 10.1. The van der Waals surface area contributed by atoms with Crippen LogP contribution < -0.4 is 0 Å². The van der Waals surface area contributed by atoms with Crippen molar-refractivity contribution in [2.75, 3.05) is 6.61 Å². The SMILES string of the molecule is CCCCC/C=C\C/C=C\CCCCCCCC(=O)O[C@@H](C/C=C\CCCCCCCCOC(=O)c1ccc(/C=C2\SC(=S)N(Cc3cccc(F)c3)C2=O)cc1)CCCCCC. The van der Waals surface area contributed by atoms with Gasteiger partial charge in [0.15, 0.2) is 0 Å². The molecule has 0 spiro atoms. The molecule has 1 saturated heterocycles. The third-order valence-corrected chi connectivity index (χ3v) is 12.5. The normalized spacial score (nSPS) is 14.3. The molecule has 0 N–H and O–H groups in total. The standard InChI is InChI=1S/C54H76FNO5S2/c1-3-5-7-9-10-11-12-13-14-15-16-19-22-25-29-36-51(57)61-49(34-27-8-6-4-2)35-28-24-21-18-17-20-23-26-30-41-60-53(59)47-39-37-45(38-40-47)43-50-52(58)56(54(62)63-50)44-46-32-31-33-48(55)42-46/h10-11,13-14,24,28,31-33,37-40,42-43,49H,3-9,12,15-23,25-27,29-30,34-36,41,44H2,1-2H3/b11-10-,14-13-,28-24-,50-43-/t49-/m1/s1. The quantitative estimate of drug-likeness (QED) is 0.0224. The highest BCUT2D eigenvalue weighted by atomic mass is 32.2. The van der Waals surface area contributed by atoms with Crippen molar-refractivity contribution in [1.29, 1.82) is 0 Å². The zero-order valence-corrected chi connectivity index (χ0v) is 40.1. The Labute approximate surface area is 389 Å². The molecule has 0 bridgehead atoms.